The van der Waals surface area contributed by atoms with Crippen molar-refractivity contribution in [2.45, 2.75) is 19.9 Å². The lowest BCUT2D eigenvalue weighted by atomic mass is 10.2. The molecule has 3 rings (SSSR count). The maximum absolute atomic E-state index is 14.0. The first-order chi connectivity index (χ1) is 15.5. The van der Waals surface area contributed by atoms with Gasteiger partial charge in [0.2, 0.25) is 5.91 Å². The minimum absolute atomic E-state index is 0.0957. The molecule has 0 spiro atoms. The van der Waals surface area contributed by atoms with Crippen molar-refractivity contribution in [2.75, 3.05) is 36.4 Å². The third-order valence-electron chi connectivity index (χ3n) is 5.04. The van der Waals surface area contributed by atoms with Gasteiger partial charge in [0, 0.05) is 45.3 Å². The van der Waals surface area contributed by atoms with Crippen LogP contribution in [0.4, 0.5) is 15.9 Å². The number of terminal acetylenes is 1. The number of amides is 2. The molecule has 32 heavy (non-hydrogen) atoms. The maximum atomic E-state index is 14.0. The van der Waals surface area contributed by atoms with Gasteiger partial charge in [0.15, 0.2) is 0 Å². The molecule has 1 aromatic heterocycles. The Labute approximate surface area is 189 Å². The van der Waals surface area contributed by atoms with E-state index in [-0.39, 0.29) is 24.1 Å². The van der Waals surface area contributed by atoms with E-state index in [0.717, 1.165) is 0 Å². The zero-order chi connectivity index (χ0) is 23.5. The van der Waals surface area contributed by atoms with Crippen molar-refractivity contribution in [1.82, 2.24) is 9.47 Å². The standard InChI is InChI=1S/C23H27FN4O2.C2H2/c1-3-5-11-28-17-18(16-21(28)25-22(29)8-4-2)23(30)27-14-12-26(13-15-27)20-10-7-6-9-19(20)24;1-2/h3-7,9-10,16-17H,2,8,11-15H2,1H3,(H,25,29);1-2H/b5-3-;. The number of carbonyl (C=O) groups excluding carboxylic acids is 2. The third-order valence-corrected chi connectivity index (χ3v) is 5.04. The Kier molecular flexibility index (Phi) is 9.30. The first kappa shape index (κ1) is 24.5. The Morgan fingerprint density at radius 1 is 1.19 bits per heavy atom. The van der Waals surface area contributed by atoms with Crippen LogP contribution >= 0.6 is 0 Å². The monoisotopic (exact) mass is 436 g/mol. The van der Waals surface area contributed by atoms with Gasteiger partial charge in [0.05, 0.1) is 11.3 Å². The average Bonchev–Trinajstić information content (AvgIpc) is 3.21. The lowest BCUT2D eigenvalue weighted by Crippen LogP contribution is -2.49. The van der Waals surface area contributed by atoms with Gasteiger partial charge in [-0.15, -0.1) is 19.4 Å². The van der Waals surface area contributed by atoms with Gasteiger partial charge < -0.3 is 19.7 Å². The number of piperazine rings is 1. The van der Waals surface area contributed by atoms with Crippen LogP contribution in [0.1, 0.15) is 23.7 Å². The van der Waals surface area contributed by atoms with Crippen molar-refractivity contribution in [3.8, 4) is 12.8 Å². The Morgan fingerprint density at radius 3 is 2.50 bits per heavy atom. The maximum Gasteiger partial charge on any atom is 0.255 e. The number of benzene rings is 1. The average molecular weight is 437 g/mol. The van der Waals surface area contributed by atoms with Crippen molar-refractivity contribution < 1.29 is 14.0 Å². The molecule has 1 fully saturated rings. The summed E-state index contributed by atoms with van der Waals surface area (Å²) in [6.45, 7) is 8.18. The molecule has 0 bridgehead atoms. The predicted octanol–water partition coefficient (Wildman–Crippen LogP) is 3.93. The first-order valence-electron chi connectivity index (χ1n) is 10.4. The third kappa shape index (κ3) is 6.11. The zero-order valence-electron chi connectivity index (χ0n) is 18.3. The van der Waals surface area contributed by atoms with Crippen LogP contribution in [0.5, 0.6) is 0 Å². The number of carbonyl (C=O) groups is 2. The van der Waals surface area contributed by atoms with Crippen LogP contribution in [0.2, 0.25) is 0 Å². The van der Waals surface area contributed by atoms with Gasteiger partial charge in [-0.05, 0) is 25.1 Å². The summed E-state index contributed by atoms with van der Waals surface area (Å²) in [5, 5.41) is 2.83. The van der Waals surface area contributed by atoms with E-state index in [1.807, 2.05) is 34.6 Å². The Hall–Kier alpha value is -3.79. The van der Waals surface area contributed by atoms with E-state index in [4.69, 9.17) is 0 Å². The van der Waals surface area contributed by atoms with E-state index in [2.05, 4.69) is 24.7 Å². The lowest BCUT2D eigenvalue weighted by Gasteiger charge is -2.36. The molecule has 0 aliphatic carbocycles. The van der Waals surface area contributed by atoms with Gasteiger partial charge in [0.1, 0.15) is 11.6 Å². The molecule has 1 aromatic carbocycles. The van der Waals surface area contributed by atoms with E-state index < -0.39 is 0 Å². The highest BCUT2D eigenvalue weighted by Crippen LogP contribution is 2.22. The number of nitrogens with zero attached hydrogens (tertiary/aromatic N) is 3. The Morgan fingerprint density at radius 2 is 1.88 bits per heavy atom. The second-order valence-corrected chi connectivity index (χ2v) is 7.11. The van der Waals surface area contributed by atoms with Gasteiger partial charge in [-0.1, -0.05) is 30.4 Å². The molecule has 0 radical (unpaired) electrons. The van der Waals surface area contributed by atoms with Crippen LogP contribution in [-0.4, -0.2) is 47.5 Å². The second-order valence-electron chi connectivity index (χ2n) is 7.11. The number of anilines is 2. The predicted molar refractivity (Wildman–Crippen MR) is 127 cm³/mol. The summed E-state index contributed by atoms with van der Waals surface area (Å²) >= 11 is 0. The van der Waals surface area contributed by atoms with Crippen LogP contribution in [-0.2, 0) is 11.3 Å². The van der Waals surface area contributed by atoms with Gasteiger partial charge >= 0.3 is 0 Å². The van der Waals surface area contributed by atoms with E-state index >= 15 is 0 Å². The lowest BCUT2D eigenvalue weighted by molar-refractivity contribution is -0.115. The molecule has 0 saturated carbocycles. The van der Waals surface area contributed by atoms with Crippen molar-refractivity contribution in [1.29, 1.82) is 0 Å². The quantitative estimate of drug-likeness (QED) is 0.529. The largest absolute Gasteiger partial charge is 0.366 e. The van der Waals surface area contributed by atoms with Crippen molar-refractivity contribution in [2.24, 2.45) is 0 Å². The van der Waals surface area contributed by atoms with E-state index in [1.54, 1.807) is 29.3 Å². The molecule has 168 valence electrons. The van der Waals surface area contributed by atoms with E-state index in [1.165, 1.54) is 12.1 Å². The van der Waals surface area contributed by atoms with Crippen molar-refractivity contribution in [3.05, 3.63) is 72.7 Å². The highest BCUT2D eigenvalue weighted by molar-refractivity contribution is 5.97. The number of allylic oxidation sites excluding steroid dienone is 2. The molecule has 2 aromatic rings. The summed E-state index contributed by atoms with van der Waals surface area (Å²) in [6.07, 6.45) is 15.4. The Balaban J connectivity index is 0.00000176. The fourth-order valence-corrected chi connectivity index (χ4v) is 3.47. The fraction of sp³-hybridized carbons (Fsp3) is 0.280. The topological polar surface area (TPSA) is 57.6 Å². The smallest absolute Gasteiger partial charge is 0.255 e. The molecule has 2 heterocycles. The molecule has 1 aliphatic rings. The highest BCUT2D eigenvalue weighted by atomic mass is 19.1. The highest BCUT2D eigenvalue weighted by Gasteiger charge is 2.25. The van der Waals surface area contributed by atoms with Gasteiger partial charge in [-0.3, -0.25) is 9.59 Å². The molecule has 7 heteroatoms. The van der Waals surface area contributed by atoms with E-state index in [0.29, 0.717) is 49.8 Å². The number of nitrogens with one attached hydrogen (secondary N) is 1. The summed E-state index contributed by atoms with van der Waals surface area (Å²) in [6, 6.07) is 8.39. The van der Waals surface area contributed by atoms with E-state index in [9.17, 15) is 14.0 Å². The summed E-state index contributed by atoms with van der Waals surface area (Å²) in [4.78, 5) is 28.7. The molecular weight excluding hydrogens is 407 g/mol. The normalized spacial score (nSPS) is 13.4. The van der Waals surface area contributed by atoms with Crippen LogP contribution < -0.4 is 10.2 Å². The molecule has 0 atom stereocenters. The van der Waals surface area contributed by atoms with Gasteiger partial charge in [-0.2, -0.15) is 0 Å². The summed E-state index contributed by atoms with van der Waals surface area (Å²) in [5.74, 6) is 0.0514. The number of aromatic nitrogens is 1. The van der Waals surface area contributed by atoms with Crippen LogP contribution in [0.3, 0.4) is 0 Å². The number of rotatable bonds is 7. The van der Waals surface area contributed by atoms with Crippen molar-refractivity contribution in [3.63, 3.8) is 0 Å². The number of hydrogen-bond donors (Lipinski definition) is 1. The van der Waals surface area contributed by atoms with Gasteiger partial charge in [0.25, 0.3) is 5.91 Å². The van der Waals surface area contributed by atoms with Crippen LogP contribution in [0.25, 0.3) is 0 Å². The minimum atomic E-state index is -0.252. The number of halogens is 1. The number of hydrogen-bond acceptors (Lipinski definition) is 3. The summed E-state index contributed by atoms with van der Waals surface area (Å²) in [5.41, 5.74) is 1.09. The zero-order valence-corrected chi connectivity index (χ0v) is 18.3. The molecule has 1 N–H and O–H groups in total. The molecular formula is C25H29FN4O2. The molecule has 1 aliphatic heterocycles. The fourth-order valence-electron chi connectivity index (χ4n) is 3.47. The second kappa shape index (κ2) is 12.2. The van der Waals surface area contributed by atoms with Gasteiger partial charge in [-0.25, -0.2) is 4.39 Å². The minimum Gasteiger partial charge on any atom is -0.366 e. The van der Waals surface area contributed by atoms with Crippen LogP contribution in [0, 0.1) is 18.7 Å². The molecule has 2 amide bonds. The van der Waals surface area contributed by atoms with Crippen LogP contribution in [0.15, 0.2) is 61.3 Å². The number of para-hydroxylation sites is 1. The molecule has 1 saturated heterocycles. The molecule has 0 unspecified atom stereocenters. The summed E-state index contributed by atoms with van der Waals surface area (Å²) < 4.78 is 15.9. The SMILES string of the molecule is C#C.C=CCC(=O)Nc1cc(C(=O)N2CCN(c3ccccc3F)CC2)cn1C/C=C\C. The molecule has 6 nitrogen and oxygen atoms in total. The summed E-state index contributed by atoms with van der Waals surface area (Å²) in [7, 11) is 0. The first-order valence-corrected chi connectivity index (χ1v) is 10.4. The Bertz CT molecular complexity index is 985. The van der Waals surface area contributed by atoms with Crippen molar-refractivity contribution >= 4 is 23.3 Å².